The molecule has 1 aromatic rings. The average molecular weight is 379 g/mol. The zero-order valence-corrected chi connectivity index (χ0v) is 14.7. The molecule has 0 aliphatic heterocycles. The lowest BCUT2D eigenvalue weighted by atomic mass is 9.93. The quantitative estimate of drug-likeness (QED) is 0.741. The molecule has 126 valence electrons. The van der Waals surface area contributed by atoms with Gasteiger partial charge in [0.15, 0.2) is 4.33 Å². The second kappa shape index (κ2) is 6.37. The highest BCUT2D eigenvalue weighted by Crippen LogP contribution is 2.53. The first kappa shape index (κ1) is 17.2. The maximum atomic E-state index is 11.0. The maximum absolute atomic E-state index is 11.0. The van der Waals surface area contributed by atoms with Crippen molar-refractivity contribution in [2.24, 2.45) is 0 Å². The molecule has 0 aromatic carbocycles. The van der Waals surface area contributed by atoms with Crippen molar-refractivity contribution in [1.29, 1.82) is 0 Å². The molecule has 1 heterocycles. The van der Waals surface area contributed by atoms with Gasteiger partial charge in [-0.2, -0.15) is 5.10 Å². The van der Waals surface area contributed by atoms with Crippen LogP contribution in [-0.2, 0) is 11.3 Å². The molecule has 0 unspecified atom stereocenters. The predicted octanol–water partition coefficient (Wildman–Crippen LogP) is 2.86. The van der Waals surface area contributed by atoms with Gasteiger partial charge >= 0.3 is 0 Å². The molecule has 2 aliphatic carbocycles. The topological polar surface area (TPSA) is 60.2 Å². The van der Waals surface area contributed by atoms with Gasteiger partial charge in [-0.1, -0.05) is 41.4 Å². The van der Waals surface area contributed by atoms with Crippen LogP contribution in [0.4, 0.5) is 0 Å². The van der Waals surface area contributed by atoms with Gasteiger partial charge < -0.3 is 9.84 Å². The summed E-state index contributed by atoms with van der Waals surface area (Å²) >= 11 is 18.9. The van der Waals surface area contributed by atoms with Gasteiger partial charge in [0, 0.05) is 6.42 Å². The van der Waals surface area contributed by atoms with Crippen LogP contribution in [0.15, 0.2) is 37.0 Å². The van der Waals surface area contributed by atoms with E-state index in [0.717, 1.165) is 12.8 Å². The fraction of sp³-hybridized carbons (Fsp3) is 0.600. The molecular formula is C15H18Cl3N3O2. The van der Waals surface area contributed by atoms with Gasteiger partial charge in [0.2, 0.25) is 0 Å². The minimum absolute atomic E-state index is 0.271. The molecule has 5 nitrogen and oxygen atoms in total. The summed E-state index contributed by atoms with van der Waals surface area (Å²) in [5.41, 5.74) is -1.13. The average Bonchev–Trinajstić information content (AvgIpc) is 3.05. The maximum Gasteiger partial charge on any atom is 0.166 e. The highest BCUT2D eigenvalue weighted by molar-refractivity contribution is 6.50. The Morgan fingerprint density at radius 2 is 2.09 bits per heavy atom. The summed E-state index contributed by atoms with van der Waals surface area (Å²) in [4.78, 5) is 3.26. The molecule has 0 radical (unpaired) electrons. The van der Waals surface area contributed by atoms with Crippen LogP contribution in [0, 0.1) is 0 Å². The Morgan fingerprint density at radius 3 is 2.70 bits per heavy atom. The third kappa shape index (κ3) is 3.74. The van der Waals surface area contributed by atoms with Gasteiger partial charge in [-0.15, -0.1) is 11.6 Å². The third-order valence-corrected chi connectivity index (χ3v) is 5.73. The molecule has 2 atom stereocenters. The molecular weight excluding hydrogens is 361 g/mol. The number of hydrogen-bond acceptors (Lipinski definition) is 4. The molecule has 1 saturated carbocycles. The van der Waals surface area contributed by atoms with Gasteiger partial charge in [0.1, 0.15) is 24.4 Å². The largest absolute Gasteiger partial charge is 0.386 e. The number of nitrogens with zero attached hydrogens (tertiary/aromatic N) is 3. The normalized spacial score (nSPS) is 26.9. The van der Waals surface area contributed by atoms with Crippen LogP contribution in [0.25, 0.3) is 0 Å². The second-order valence-corrected chi connectivity index (χ2v) is 8.22. The van der Waals surface area contributed by atoms with Crippen LogP contribution in [-0.4, -0.2) is 47.4 Å². The van der Waals surface area contributed by atoms with Gasteiger partial charge in [-0.25, -0.2) is 4.98 Å². The zero-order chi connectivity index (χ0) is 16.6. The fourth-order valence-electron chi connectivity index (χ4n) is 2.70. The number of aromatic nitrogens is 3. The summed E-state index contributed by atoms with van der Waals surface area (Å²) in [6, 6.07) is 0. The van der Waals surface area contributed by atoms with E-state index in [9.17, 15) is 5.11 Å². The van der Waals surface area contributed by atoms with Crippen molar-refractivity contribution in [3.63, 3.8) is 0 Å². The molecule has 0 saturated heterocycles. The van der Waals surface area contributed by atoms with E-state index in [4.69, 9.17) is 39.5 Å². The van der Waals surface area contributed by atoms with Crippen molar-refractivity contribution < 1.29 is 9.84 Å². The molecule has 3 rings (SSSR count). The van der Waals surface area contributed by atoms with Crippen LogP contribution in [0.2, 0.25) is 0 Å². The SMILES string of the molecule is O[C@](CCO[C@@H]1C=CC=CC1(Cl)Cl)(Cn1cncn1)C1(Cl)CC1. The van der Waals surface area contributed by atoms with E-state index in [-0.39, 0.29) is 13.2 Å². The molecule has 2 aliphatic rings. The van der Waals surface area contributed by atoms with E-state index < -0.39 is 20.9 Å². The van der Waals surface area contributed by atoms with Gasteiger partial charge in [-0.3, -0.25) is 4.68 Å². The Morgan fingerprint density at radius 1 is 1.30 bits per heavy atom. The smallest absolute Gasteiger partial charge is 0.166 e. The van der Waals surface area contributed by atoms with Crippen LogP contribution in [0.5, 0.6) is 0 Å². The van der Waals surface area contributed by atoms with Gasteiger partial charge in [-0.05, 0) is 18.9 Å². The molecule has 0 spiro atoms. The van der Waals surface area contributed by atoms with Crippen molar-refractivity contribution in [2.45, 2.75) is 46.7 Å². The fourth-order valence-corrected chi connectivity index (χ4v) is 3.36. The van der Waals surface area contributed by atoms with Gasteiger partial charge in [0.05, 0.1) is 18.0 Å². The van der Waals surface area contributed by atoms with Crippen LogP contribution < -0.4 is 0 Å². The number of alkyl halides is 3. The minimum atomic E-state index is -1.13. The Kier molecular flexibility index (Phi) is 4.78. The van der Waals surface area contributed by atoms with E-state index >= 15 is 0 Å². The number of rotatable bonds is 7. The van der Waals surface area contributed by atoms with E-state index in [1.807, 2.05) is 6.08 Å². The van der Waals surface area contributed by atoms with E-state index in [0.29, 0.717) is 6.42 Å². The number of halogens is 3. The van der Waals surface area contributed by atoms with Crippen LogP contribution >= 0.6 is 34.8 Å². The third-order valence-electron chi connectivity index (χ3n) is 4.32. The molecule has 1 fully saturated rings. The van der Waals surface area contributed by atoms with Crippen molar-refractivity contribution in [1.82, 2.24) is 14.8 Å². The van der Waals surface area contributed by atoms with Crippen molar-refractivity contribution in [2.75, 3.05) is 6.61 Å². The Labute approximate surface area is 149 Å². The minimum Gasteiger partial charge on any atom is -0.386 e. The monoisotopic (exact) mass is 377 g/mol. The standard InChI is InChI=1S/C15H18Cl3N3O2/c16-13(5-6-13)14(22,9-21-11-19-10-20-21)7-8-23-12-3-1-2-4-15(12,17)18/h1-4,10-12,22H,5-9H2/t12-,14-/m1/s1. The molecule has 1 aromatic heterocycles. The summed E-state index contributed by atoms with van der Waals surface area (Å²) in [7, 11) is 0. The summed E-state index contributed by atoms with van der Waals surface area (Å²) in [6.45, 7) is 0.552. The first-order chi connectivity index (χ1) is 10.8. The van der Waals surface area contributed by atoms with Crippen molar-refractivity contribution in [3.05, 3.63) is 37.0 Å². The summed E-state index contributed by atoms with van der Waals surface area (Å²) < 4.78 is 6.25. The van der Waals surface area contributed by atoms with Crippen molar-refractivity contribution >= 4 is 34.8 Å². The van der Waals surface area contributed by atoms with Crippen LogP contribution in [0.1, 0.15) is 19.3 Å². The Balaban J connectivity index is 1.61. The molecule has 0 bridgehead atoms. The number of hydrogen-bond donors (Lipinski definition) is 1. The molecule has 0 amide bonds. The first-order valence-electron chi connectivity index (χ1n) is 7.44. The predicted molar refractivity (Wildman–Crippen MR) is 89.9 cm³/mol. The number of ether oxygens (including phenoxy) is 1. The van der Waals surface area contributed by atoms with Crippen LogP contribution in [0.3, 0.4) is 0 Å². The number of allylic oxidation sites excluding steroid dienone is 2. The molecule has 1 N–H and O–H groups in total. The lowest BCUT2D eigenvalue weighted by Gasteiger charge is -2.34. The van der Waals surface area contributed by atoms with E-state index in [2.05, 4.69) is 10.1 Å². The van der Waals surface area contributed by atoms with Gasteiger partial charge in [0.25, 0.3) is 0 Å². The summed E-state index contributed by atoms with van der Waals surface area (Å²) in [5, 5.41) is 15.1. The highest BCUT2D eigenvalue weighted by atomic mass is 35.5. The highest BCUT2D eigenvalue weighted by Gasteiger charge is 2.57. The lowest BCUT2D eigenvalue weighted by Crippen LogP contribution is -2.46. The zero-order valence-electron chi connectivity index (χ0n) is 12.4. The molecule has 8 heteroatoms. The molecule has 23 heavy (non-hydrogen) atoms. The van der Waals surface area contributed by atoms with Crippen molar-refractivity contribution in [3.8, 4) is 0 Å². The summed E-state index contributed by atoms with van der Waals surface area (Å²) in [6.07, 6.45) is 11.5. The lowest BCUT2D eigenvalue weighted by molar-refractivity contribution is -0.0337. The number of aliphatic hydroxyl groups is 1. The Hall–Kier alpha value is -0.590. The summed E-state index contributed by atoms with van der Waals surface area (Å²) in [5.74, 6) is 0. The first-order valence-corrected chi connectivity index (χ1v) is 8.57. The van der Waals surface area contributed by atoms with E-state index in [1.54, 1.807) is 29.2 Å². The van der Waals surface area contributed by atoms with E-state index in [1.165, 1.54) is 6.33 Å². The second-order valence-electron chi connectivity index (χ2n) is 6.05. The Bertz CT molecular complexity index is 599.